The van der Waals surface area contributed by atoms with Gasteiger partial charge in [-0.25, -0.2) is 5.53 Å². The van der Waals surface area contributed by atoms with Crippen molar-refractivity contribution < 1.29 is 13.6 Å². The molecule has 0 unspecified atom stereocenters. The van der Waals surface area contributed by atoms with E-state index in [9.17, 15) is 0 Å². The average molecular weight is 259 g/mol. The van der Waals surface area contributed by atoms with Gasteiger partial charge in [-0.2, -0.15) is 5.11 Å². The van der Waals surface area contributed by atoms with Gasteiger partial charge >= 0.3 is 0 Å². The Hall–Kier alpha value is -2.34. The number of nitrogens with one attached hydrogen (secondary N) is 1. The largest absolute Gasteiger partial charge is 0.492 e. The molecule has 19 heavy (non-hydrogen) atoms. The molecule has 0 saturated carbocycles. The third kappa shape index (κ3) is 1.77. The van der Waals surface area contributed by atoms with Gasteiger partial charge in [0.25, 0.3) is 0 Å². The molecule has 6 nitrogen and oxygen atoms in total. The molecule has 3 aromatic rings. The van der Waals surface area contributed by atoms with Gasteiger partial charge in [0.15, 0.2) is 16.9 Å². The van der Waals surface area contributed by atoms with E-state index < -0.39 is 0 Å². The number of benzene rings is 1. The van der Waals surface area contributed by atoms with Gasteiger partial charge in [0.05, 0.1) is 29.9 Å². The van der Waals surface area contributed by atoms with E-state index in [1.54, 1.807) is 24.7 Å². The van der Waals surface area contributed by atoms with Crippen molar-refractivity contribution in [2.45, 2.75) is 6.42 Å². The Morgan fingerprint density at radius 2 is 1.79 bits per heavy atom. The van der Waals surface area contributed by atoms with Crippen molar-refractivity contribution in [2.75, 3.05) is 13.2 Å². The van der Waals surface area contributed by atoms with Crippen LogP contribution >= 0.6 is 0 Å². The Kier molecular flexibility index (Phi) is 2.92. The van der Waals surface area contributed by atoms with Gasteiger partial charge in [0.1, 0.15) is 5.75 Å². The number of furan rings is 2. The molecule has 0 fully saturated rings. The second kappa shape index (κ2) is 4.74. The fourth-order valence-electron chi connectivity index (χ4n) is 2.11. The van der Waals surface area contributed by atoms with Gasteiger partial charge in [-0.05, 0) is 25.1 Å². The van der Waals surface area contributed by atoms with Gasteiger partial charge < -0.3 is 19.3 Å². The Bertz CT molecular complexity index is 677. The zero-order valence-electron chi connectivity index (χ0n) is 10.2. The van der Waals surface area contributed by atoms with Crippen LogP contribution in [0.1, 0.15) is 6.42 Å². The zero-order valence-corrected chi connectivity index (χ0v) is 10.2. The summed E-state index contributed by atoms with van der Waals surface area (Å²) in [6.07, 6.45) is 3.87. The highest BCUT2D eigenvalue weighted by Crippen LogP contribution is 2.43. The normalized spacial score (nSPS) is 11.2. The molecule has 0 aliphatic carbocycles. The number of rotatable bonds is 5. The van der Waals surface area contributed by atoms with E-state index in [1.165, 1.54) is 0 Å². The van der Waals surface area contributed by atoms with Crippen molar-refractivity contribution in [2.24, 2.45) is 10.8 Å². The third-order valence-corrected chi connectivity index (χ3v) is 2.96. The highest BCUT2D eigenvalue weighted by atomic mass is 16.5. The molecule has 2 aromatic heterocycles. The summed E-state index contributed by atoms with van der Waals surface area (Å²) in [5.74, 6) is 0.688. The van der Waals surface area contributed by atoms with Crippen LogP contribution in [-0.4, -0.2) is 13.2 Å². The predicted octanol–water partition coefficient (Wildman–Crippen LogP) is 3.57. The lowest BCUT2D eigenvalue weighted by Gasteiger charge is -2.08. The van der Waals surface area contributed by atoms with Crippen LogP contribution in [0, 0.1) is 5.53 Å². The lowest BCUT2D eigenvalue weighted by atomic mass is 10.1. The molecule has 0 saturated heterocycles. The Morgan fingerprint density at radius 3 is 2.32 bits per heavy atom. The number of nitrogens with two attached hydrogens (primary N) is 1. The molecule has 0 radical (unpaired) electrons. The average Bonchev–Trinajstić information content (AvgIpc) is 3.06. The van der Waals surface area contributed by atoms with Crippen LogP contribution < -0.4 is 10.5 Å². The molecule has 0 aliphatic rings. The summed E-state index contributed by atoms with van der Waals surface area (Å²) in [5.41, 5.74) is 14.1. The SMILES string of the molecule is N=Nc1c2occc2c(OCCCN)c2ccoc12. The minimum Gasteiger partial charge on any atom is -0.492 e. The molecule has 0 atom stereocenters. The van der Waals surface area contributed by atoms with Crippen molar-refractivity contribution in [3.63, 3.8) is 0 Å². The summed E-state index contributed by atoms with van der Waals surface area (Å²) in [5, 5.41) is 5.07. The first-order valence-corrected chi connectivity index (χ1v) is 5.97. The topological polar surface area (TPSA) is 97.7 Å². The van der Waals surface area contributed by atoms with Crippen LogP contribution in [0.3, 0.4) is 0 Å². The molecular weight excluding hydrogens is 246 g/mol. The zero-order chi connectivity index (χ0) is 13.2. The number of ether oxygens (including phenoxy) is 1. The number of hydrogen-bond acceptors (Lipinski definition) is 6. The number of hydrogen-bond donors (Lipinski definition) is 2. The minimum absolute atomic E-state index is 0.381. The maximum atomic E-state index is 7.27. The van der Waals surface area contributed by atoms with Crippen LogP contribution in [0.25, 0.3) is 21.9 Å². The number of nitrogens with zero attached hydrogens (tertiary/aromatic N) is 1. The highest BCUT2D eigenvalue weighted by molar-refractivity contribution is 6.10. The summed E-state index contributed by atoms with van der Waals surface area (Å²) < 4.78 is 16.6. The molecular formula is C13H13N3O3. The fraction of sp³-hybridized carbons (Fsp3) is 0.231. The second-order valence-electron chi connectivity index (χ2n) is 4.11. The van der Waals surface area contributed by atoms with Crippen LogP contribution in [-0.2, 0) is 0 Å². The quantitative estimate of drug-likeness (QED) is 0.540. The van der Waals surface area contributed by atoms with Crippen molar-refractivity contribution >= 4 is 27.6 Å². The monoisotopic (exact) mass is 259 g/mol. The lowest BCUT2D eigenvalue weighted by molar-refractivity contribution is 0.320. The van der Waals surface area contributed by atoms with E-state index in [-0.39, 0.29) is 0 Å². The number of fused-ring (bicyclic) bond motifs is 2. The fourth-order valence-corrected chi connectivity index (χ4v) is 2.11. The summed E-state index contributed by atoms with van der Waals surface area (Å²) in [7, 11) is 0. The maximum absolute atomic E-state index is 7.27. The molecule has 3 N–H and O–H groups in total. The van der Waals surface area contributed by atoms with Crippen LogP contribution in [0.5, 0.6) is 5.75 Å². The van der Waals surface area contributed by atoms with Crippen molar-refractivity contribution in [3.05, 3.63) is 24.7 Å². The van der Waals surface area contributed by atoms with Gasteiger partial charge in [-0.3, -0.25) is 0 Å². The second-order valence-corrected chi connectivity index (χ2v) is 4.11. The maximum Gasteiger partial charge on any atom is 0.171 e. The molecule has 2 heterocycles. The highest BCUT2D eigenvalue weighted by Gasteiger charge is 2.19. The molecule has 0 spiro atoms. The van der Waals surface area contributed by atoms with Crippen molar-refractivity contribution in [3.8, 4) is 5.75 Å². The van der Waals surface area contributed by atoms with Crippen molar-refractivity contribution in [1.82, 2.24) is 0 Å². The molecule has 98 valence electrons. The molecule has 0 aliphatic heterocycles. The van der Waals surface area contributed by atoms with E-state index in [4.69, 9.17) is 24.8 Å². The van der Waals surface area contributed by atoms with Gasteiger partial charge in [-0.15, -0.1) is 0 Å². The Labute approximate surface area is 108 Å². The first-order chi connectivity index (χ1) is 9.36. The summed E-state index contributed by atoms with van der Waals surface area (Å²) in [6, 6.07) is 3.60. The standard InChI is InChI=1S/C13H13N3O3/c14-4-1-5-17-11-8-2-6-18-12(8)10(16-15)13-9(11)3-7-19-13/h2-3,6-7,15H,1,4-5,14H2. The van der Waals surface area contributed by atoms with Gasteiger partial charge in [0.2, 0.25) is 0 Å². The van der Waals surface area contributed by atoms with Crippen LogP contribution in [0.15, 0.2) is 38.6 Å². The first kappa shape index (κ1) is 11.7. The molecule has 1 aromatic carbocycles. The predicted molar refractivity (Wildman–Crippen MR) is 70.0 cm³/mol. The van der Waals surface area contributed by atoms with E-state index in [1.807, 2.05) is 0 Å². The van der Waals surface area contributed by atoms with Crippen LogP contribution in [0.2, 0.25) is 0 Å². The van der Waals surface area contributed by atoms with Crippen LogP contribution in [0.4, 0.5) is 5.69 Å². The van der Waals surface area contributed by atoms with Crippen molar-refractivity contribution in [1.29, 1.82) is 5.53 Å². The molecule has 3 rings (SSSR count). The lowest BCUT2D eigenvalue weighted by Crippen LogP contribution is -2.06. The third-order valence-electron chi connectivity index (χ3n) is 2.96. The molecule has 6 heteroatoms. The Morgan fingerprint density at radius 1 is 1.16 bits per heavy atom. The smallest absolute Gasteiger partial charge is 0.171 e. The van der Waals surface area contributed by atoms with E-state index in [0.717, 1.165) is 17.2 Å². The van der Waals surface area contributed by atoms with E-state index >= 15 is 0 Å². The summed E-state index contributed by atoms with van der Waals surface area (Å²) >= 11 is 0. The van der Waals surface area contributed by atoms with E-state index in [0.29, 0.717) is 35.8 Å². The minimum atomic E-state index is 0.381. The first-order valence-electron chi connectivity index (χ1n) is 5.97. The van der Waals surface area contributed by atoms with Gasteiger partial charge in [-0.1, -0.05) is 0 Å². The summed E-state index contributed by atoms with van der Waals surface area (Å²) in [6.45, 7) is 1.09. The Balaban J connectivity index is 2.24. The molecule has 0 bridgehead atoms. The van der Waals surface area contributed by atoms with E-state index in [2.05, 4.69) is 5.11 Å². The molecule has 0 amide bonds. The van der Waals surface area contributed by atoms with Gasteiger partial charge in [0, 0.05) is 0 Å². The summed E-state index contributed by atoms with van der Waals surface area (Å²) in [4.78, 5) is 0.